The Morgan fingerprint density at radius 2 is 1.66 bits per heavy atom. The summed E-state index contributed by atoms with van der Waals surface area (Å²) < 4.78 is 23.7. The van der Waals surface area contributed by atoms with E-state index in [4.69, 9.17) is 9.47 Å². The number of aromatic nitrogens is 2. The highest BCUT2D eigenvalue weighted by Gasteiger charge is 2.09. The van der Waals surface area contributed by atoms with Crippen molar-refractivity contribution >= 4 is 5.91 Å². The van der Waals surface area contributed by atoms with Crippen molar-refractivity contribution < 1.29 is 18.7 Å². The van der Waals surface area contributed by atoms with Crippen molar-refractivity contribution in [1.29, 1.82) is 0 Å². The highest BCUT2D eigenvalue weighted by molar-refractivity contribution is 5.95. The fourth-order valence-electron chi connectivity index (χ4n) is 3.03. The van der Waals surface area contributed by atoms with Gasteiger partial charge in [0.15, 0.2) is 0 Å². The molecule has 0 aliphatic rings. The number of nitrogens with one attached hydrogen (secondary N) is 1. The lowest BCUT2D eigenvalue weighted by atomic mass is 10.1. The van der Waals surface area contributed by atoms with Crippen molar-refractivity contribution in [3.63, 3.8) is 0 Å². The molecule has 1 amide bonds. The Morgan fingerprint density at radius 3 is 2.41 bits per heavy atom. The number of ether oxygens (including phenoxy) is 2. The van der Waals surface area contributed by atoms with Gasteiger partial charge in [-0.15, -0.1) is 0 Å². The minimum atomic E-state index is -0.346. The summed E-state index contributed by atoms with van der Waals surface area (Å²) in [6, 6.07) is 20.5. The molecule has 160 valence electrons. The van der Waals surface area contributed by atoms with Gasteiger partial charge in [0.25, 0.3) is 5.91 Å². The highest BCUT2D eigenvalue weighted by atomic mass is 19.1. The maximum absolute atomic E-state index is 13.0. The van der Waals surface area contributed by atoms with Crippen LogP contribution in [-0.4, -0.2) is 23.0 Å². The van der Waals surface area contributed by atoms with Crippen molar-refractivity contribution in [2.24, 2.45) is 0 Å². The minimum Gasteiger partial charge on any atom is -0.497 e. The molecule has 0 radical (unpaired) electrons. The number of amides is 1. The summed E-state index contributed by atoms with van der Waals surface area (Å²) >= 11 is 0. The number of carbonyl (C=O) groups is 1. The second-order valence-corrected chi connectivity index (χ2v) is 6.93. The van der Waals surface area contributed by atoms with Crippen LogP contribution >= 0.6 is 0 Å². The normalized spacial score (nSPS) is 10.4. The number of benzene rings is 3. The van der Waals surface area contributed by atoms with Gasteiger partial charge < -0.3 is 14.8 Å². The van der Waals surface area contributed by atoms with Crippen molar-refractivity contribution in [1.82, 2.24) is 15.3 Å². The first-order valence-corrected chi connectivity index (χ1v) is 9.88. The Morgan fingerprint density at radius 1 is 0.906 bits per heavy atom. The van der Waals surface area contributed by atoms with Gasteiger partial charge in [-0.05, 0) is 59.7 Å². The van der Waals surface area contributed by atoms with E-state index in [1.807, 2.05) is 30.3 Å². The van der Waals surface area contributed by atoms with Crippen LogP contribution in [0.25, 0.3) is 11.1 Å². The molecule has 1 aromatic heterocycles. The van der Waals surface area contributed by atoms with Crippen LogP contribution in [0.1, 0.15) is 15.9 Å². The van der Waals surface area contributed by atoms with E-state index in [-0.39, 0.29) is 17.7 Å². The Hall–Kier alpha value is -4.26. The molecule has 3 aromatic carbocycles. The van der Waals surface area contributed by atoms with Gasteiger partial charge in [-0.2, -0.15) is 0 Å². The van der Waals surface area contributed by atoms with Gasteiger partial charge in [0, 0.05) is 30.1 Å². The number of carbonyl (C=O) groups excluding carboxylic acids is 1. The van der Waals surface area contributed by atoms with Gasteiger partial charge in [-0.25, -0.2) is 14.4 Å². The number of rotatable bonds is 7. The van der Waals surface area contributed by atoms with Crippen LogP contribution in [0.4, 0.5) is 4.39 Å². The van der Waals surface area contributed by atoms with Crippen LogP contribution in [0.2, 0.25) is 0 Å². The van der Waals surface area contributed by atoms with Gasteiger partial charge in [0.05, 0.1) is 7.11 Å². The van der Waals surface area contributed by atoms with Crippen LogP contribution in [0.5, 0.6) is 17.5 Å². The second kappa shape index (κ2) is 9.70. The molecule has 0 aliphatic carbocycles. The molecule has 1 heterocycles. The van der Waals surface area contributed by atoms with Crippen LogP contribution in [0.3, 0.4) is 0 Å². The van der Waals surface area contributed by atoms with Crippen molar-refractivity contribution in [2.75, 3.05) is 7.11 Å². The summed E-state index contributed by atoms with van der Waals surface area (Å²) in [6.07, 6.45) is 3.22. The summed E-state index contributed by atoms with van der Waals surface area (Å²) in [6.45, 7) is 0.388. The summed E-state index contributed by atoms with van der Waals surface area (Å²) in [5.74, 6) is 0.646. The van der Waals surface area contributed by atoms with Crippen LogP contribution in [-0.2, 0) is 6.54 Å². The van der Waals surface area contributed by atoms with Gasteiger partial charge in [-0.1, -0.05) is 24.3 Å². The van der Waals surface area contributed by atoms with Crippen LogP contribution < -0.4 is 14.8 Å². The minimum absolute atomic E-state index is 0.146. The lowest BCUT2D eigenvalue weighted by molar-refractivity contribution is 0.0951. The molecule has 0 saturated heterocycles. The van der Waals surface area contributed by atoms with E-state index < -0.39 is 0 Å². The zero-order valence-corrected chi connectivity index (χ0v) is 17.3. The zero-order chi connectivity index (χ0) is 22.3. The Balaban J connectivity index is 1.42. The quantitative estimate of drug-likeness (QED) is 0.447. The molecule has 0 fully saturated rings. The third-order valence-electron chi connectivity index (χ3n) is 4.70. The summed E-state index contributed by atoms with van der Waals surface area (Å²) in [4.78, 5) is 21.0. The molecule has 0 unspecified atom stereocenters. The van der Waals surface area contributed by atoms with E-state index in [9.17, 15) is 9.18 Å². The molecule has 0 aliphatic heterocycles. The Kier molecular flexibility index (Phi) is 6.36. The number of hydrogen-bond donors (Lipinski definition) is 1. The smallest absolute Gasteiger partial charge is 0.321 e. The fraction of sp³-hybridized carbons (Fsp3) is 0.0800. The molecule has 4 rings (SSSR count). The summed E-state index contributed by atoms with van der Waals surface area (Å²) in [5, 5.41) is 2.91. The molecule has 7 heteroatoms. The van der Waals surface area contributed by atoms with Gasteiger partial charge >= 0.3 is 6.01 Å². The number of hydrogen-bond acceptors (Lipinski definition) is 5. The number of halogens is 1. The third-order valence-corrected chi connectivity index (χ3v) is 4.70. The van der Waals surface area contributed by atoms with Crippen molar-refractivity contribution in [3.05, 3.63) is 102 Å². The molecule has 6 nitrogen and oxygen atoms in total. The topological polar surface area (TPSA) is 73.3 Å². The molecule has 0 bridgehead atoms. The Labute approximate surface area is 184 Å². The van der Waals surface area contributed by atoms with Crippen LogP contribution in [0, 0.1) is 5.82 Å². The van der Waals surface area contributed by atoms with E-state index >= 15 is 0 Å². The maximum atomic E-state index is 13.0. The molecule has 4 aromatic rings. The van der Waals surface area contributed by atoms with E-state index in [1.165, 1.54) is 24.3 Å². The van der Waals surface area contributed by atoms with Gasteiger partial charge in [-0.3, -0.25) is 4.79 Å². The average molecular weight is 429 g/mol. The first-order valence-electron chi connectivity index (χ1n) is 9.88. The van der Waals surface area contributed by atoms with E-state index in [2.05, 4.69) is 15.3 Å². The summed E-state index contributed by atoms with van der Waals surface area (Å²) in [7, 11) is 1.61. The molecular weight excluding hydrogens is 409 g/mol. The highest BCUT2D eigenvalue weighted by Crippen LogP contribution is 2.22. The predicted molar refractivity (Wildman–Crippen MR) is 118 cm³/mol. The molecule has 0 saturated carbocycles. The molecular formula is C25H20FN3O3. The van der Waals surface area contributed by atoms with E-state index in [0.29, 0.717) is 17.9 Å². The Bertz CT molecular complexity index is 1210. The van der Waals surface area contributed by atoms with Crippen molar-refractivity contribution in [3.8, 4) is 28.6 Å². The van der Waals surface area contributed by atoms with Gasteiger partial charge in [0.2, 0.25) is 0 Å². The van der Waals surface area contributed by atoms with Crippen molar-refractivity contribution in [2.45, 2.75) is 6.54 Å². The zero-order valence-electron chi connectivity index (χ0n) is 17.3. The largest absolute Gasteiger partial charge is 0.497 e. The first-order chi connectivity index (χ1) is 15.6. The first kappa shape index (κ1) is 21.0. The average Bonchev–Trinajstić information content (AvgIpc) is 2.84. The van der Waals surface area contributed by atoms with Gasteiger partial charge in [0.1, 0.15) is 17.3 Å². The van der Waals surface area contributed by atoms with E-state index in [0.717, 1.165) is 22.4 Å². The van der Waals surface area contributed by atoms with Crippen LogP contribution in [0.15, 0.2) is 85.2 Å². The maximum Gasteiger partial charge on any atom is 0.321 e. The standard InChI is InChI=1S/C25H20FN3O3/c1-31-23-7-2-4-17(12-23)14-27-24(30)19-6-3-5-18(13-19)20-15-28-25(29-16-20)32-22-10-8-21(26)9-11-22/h2-13,15-16H,14H2,1H3,(H,27,30). The molecule has 0 atom stereocenters. The lowest BCUT2D eigenvalue weighted by Crippen LogP contribution is -2.22. The SMILES string of the molecule is COc1cccc(CNC(=O)c2cccc(-c3cnc(Oc4ccc(F)cc4)nc3)c2)c1. The fourth-order valence-corrected chi connectivity index (χ4v) is 3.03. The second-order valence-electron chi connectivity index (χ2n) is 6.93. The summed E-state index contributed by atoms with van der Waals surface area (Å²) in [5.41, 5.74) is 3.00. The predicted octanol–water partition coefficient (Wildman–Crippen LogP) is 5.01. The molecule has 0 spiro atoms. The third kappa shape index (κ3) is 5.26. The molecule has 1 N–H and O–H groups in total. The monoisotopic (exact) mass is 429 g/mol. The van der Waals surface area contributed by atoms with E-state index in [1.54, 1.807) is 37.7 Å². The number of methoxy groups -OCH3 is 1. The number of nitrogens with zero attached hydrogens (tertiary/aromatic N) is 2. The molecule has 32 heavy (non-hydrogen) atoms. The lowest BCUT2D eigenvalue weighted by Gasteiger charge is -2.09.